The van der Waals surface area contributed by atoms with Crippen LogP contribution in [0, 0.1) is 0 Å². The van der Waals surface area contributed by atoms with E-state index in [1.807, 2.05) is 23.1 Å². The highest BCUT2D eigenvalue weighted by Crippen LogP contribution is 2.52. The molecule has 1 N–H and O–H groups in total. The summed E-state index contributed by atoms with van der Waals surface area (Å²) >= 11 is 0. The van der Waals surface area contributed by atoms with Crippen LogP contribution in [-0.4, -0.2) is 33.5 Å². The smallest absolute Gasteiger partial charge is 0.313 e. The number of carboxylic acid groups (broad SMARTS) is 1. The maximum Gasteiger partial charge on any atom is 0.313 e. The summed E-state index contributed by atoms with van der Waals surface area (Å²) in [6, 6.07) is 7.57. The SMILES string of the molecule is O=C(O)C1c2ccccc2C(=O)N(C2CCCC2)C12CCCC2. The van der Waals surface area contributed by atoms with Crippen LogP contribution >= 0.6 is 0 Å². The largest absolute Gasteiger partial charge is 0.481 e. The number of hydrogen-bond donors (Lipinski definition) is 1. The van der Waals surface area contributed by atoms with Gasteiger partial charge in [-0.15, -0.1) is 0 Å². The van der Waals surface area contributed by atoms with Crippen LogP contribution in [-0.2, 0) is 4.79 Å². The molecule has 0 radical (unpaired) electrons. The van der Waals surface area contributed by atoms with Crippen LogP contribution in [0.3, 0.4) is 0 Å². The molecule has 1 atom stereocenters. The number of benzene rings is 1. The highest BCUT2D eigenvalue weighted by Gasteiger charge is 2.57. The Morgan fingerprint density at radius 1 is 1.09 bits per heavy atom. The lowest BCUT2D eigenvalue weighted by Crippen LogP contribution is -2.62. The summed E-state index contributed by atoms with van der Waals surface area (Å²) in [6.45, 7) is 0. The van der Waals surface area contributed by atoms with Gasteiger partial charge in [0, 0.05) is 11.6 Å². The van der Waals surface area contributed by atoms with Crippen LogP contribution in [0.4, 0.5) is 0 Å². The molecule has 1 unspecified atom stereocenters. The fraction of sp³-hybridized carbons (Fsp3) is 0.579. The average Bonchev–Trinajstić information content (AvgIpc) is 3.20. The number of carbonyl (C=O) groups is 2. The lowest BCUT2D eigenvalue weighted by Gasteiger charge is -2.51. The summed E-state index contributed by atoms with van der Waals surface area (Å²) in [5, 5.41) is 10.0. The summed E-state index contributed by atoms with van der Waals surface area (Å²) in [7, 11) is 0. The fourth-order valence-electron chi connectivity index (χ4n) is 5.28. The van der Waals surface area contributed by atoms with Gasteiger partial charge in [0.15, 0.2) is 0 Å². The number of hydrogen-bond acceptors (Lipinski definition) is 2. The van der Waals surface area contributed by atoms with Crippen molar-refractivity contribution >= 4 is 11.9 Å². The molecule has 1 aromatic rings. The summed E-state index contributed by atoms with van der Waals surface area (Å²) in [5.74, 6) is -1.30. The first-order chi connectivity index (χ1) is 11.1. The summed E-state index contributed by atoms with van der Waals surface area (Å²) < 4.78 is 0. The van der Waals surface area contributed by atoms with Crippen molar-refractivity contribution in [3.05, 3.63) is 35.4 Å². The Morgan fingerprint density at radius 2 is 1.74 bits per heavy atom. The van der Waals surface area contributed by atoms with Gasteiger partial charge in [-0.25, -0.2) is 0 Å². The topological polar surface area (TPSA) is 57.6 Å². The molecule has 1 spiro atoms. The van der Waals surface area contributed by atoms with Gasteiger partial charge < -0.3 is 10.0 Å². The van der Waals surface area contributed by atoms with E-state index in [1.165, 1.54) is 0 Å². The van der Waals surface area contributed by atoms with Crippen LogP contribution in [0.25, 0.3) is 0 Å². The molecular weight excluding hydrogens is 290 g/mol. The molecule has 1 aliphatic heterocycles. The van der Waals surface area contributed by atoms with Crippen molar-refractivity contribution in [2.45, 2.75) is 68.9 Å². The molecular formula is C19H23NO3. The molecule has 2 saturated carbocycles. The standard InChI is InChI=1S/C19H23NO3/c21-17-15-10-4-3-9-14(15)16(18(22)23)19(11-5-6-12-19)20(17)13-7-1-2-8-13/h3-4,9-10,13,16H,1-2,5-8,11-12H2,(H,22,23). The Kier molecular flexibility index (Phi) is 3.43. The number of carboxylic acids is 1. The third kappa shape index (κ3) is 2.03. The Balaban J connectivity index is 1.91. The number of nitrogens with zero attached hydrogens (tertiary/aromatic N) is 1. The van der Waals surface area contributed by atoms with Gasteiger partial charge in [-0.3, -0.25) is 9.59 Å². The van der Waals surface area contributed by atoms with E-state index in [9.17, 15) is 14.7 Å². The zero-order valence-electron chi connectivity index (χ0n) is 13.3. The van der Waals surface area contributed by atoms with E-state index in [-0.39, 0.29) is 11.9 Å². The van der Waals surface area contributed by atoms with E-state index >= 15 is 0 Å². The lowest BCUT2D eigenvalue weighted by atomic mass is 9.70. The van der Waals surface area contributed by atoms with Crippen molar-refractivity contribution in [2.75, 3.05) is 0 Å². The number of amides is 1. The number of fused-ring (bicyclic) bond motifs is 1. The number of carbonyl (C=O) groups excluding carboxylic acids is 1. The van der Waals surface area contributed by atoms with Gasteiger partial charge in [0.1, 0.15) is 5.92 Å². The molecule has 1 aromatic carbocycles. The Morgan fingerprint density at radius 3 is 2.39 bits per heavy atom. The van der Waals surface area contributed by atoms with E-state index in [1.54, 1.807) is 6.07 Å². The van der Waals surface area contributed by atoms with E-state index in [2.05, 4.69) is 0 Å². The summed E-state index contributed by atoms with van der Waals surface area (Å²) in [6.07, 6.45) is 7.99. The molecule has 1 amide bonds. The molecule has 3 aliphatic rings. The Bertz CT molecular complexity index is 642. The lowest BCUT2D eigenvalue weighted by molar-refractivity contribution is -0.143. The maximum absolute atomic E-state index is 13.3. The molecule has 4 heteroatoms. The molecule has 0 aromatic heterocycles. The van der Waals surface area contributed by atoms with Gasteiger partial charge >= 0.3 is 5.97 Å². The minimum Gasteiger partial charge on any atom is -0.481 e. The second-order valence-electron chi connectivity index (χ2n) is 7.28. The third-order valence-electron chi connectivity index (χ3n) is 6.14. The molecule has 23 heavy (non-hydrogen) atoms. The predicted octanol–water partition coefficient (Wildman–Crippen LogP) is 3.57. The maximum atomic E-state index is 13.3. The summed E-state index contributed by atoms with van der Waals surface area (Å²) in [4.78, 5) is 27.5. The highest BCUT2D eigenvalue weighted by molar-refractivity contribution is 6.01. The molecule has 1 heterocycles. The van der Waals surface area contributed by atoms with Gasteiger partial charge in [0.25, 0.3) is 5.91 Å². The van der Waals surface area contributed by atoms with Crippen molar-refractivity contribution in [3.8, 4) is 0 Å². The molecule has 122 valence electrons. The quantitative estimate of drug-likeness (QED) is 0.908. The van der Waals surface area contributed by atoms with Gasteiger partial charge in [-0.05, 0) is 37.3 Å². The van der Waals surface area contributed by atoms with Gasteiger partial charge in [0.05, 0.1) is 5.54 Å². The van der Waals surface area contributed by atoms with Gasteiger partial charge in [-0.1, -0.05) is 43.9 Å². The van der Waals surface area contributed by atoms with Crippen LogP contribution in [0.2, 0.25) is 0 Å². The van der Waals surface area contributed by atoms with E-state index in [4.69, 9.17) is 0 Å². The zero-order chi connectivity index (χ0) is 16.0. The van der Waals surface area contributed by atoms with Gasteiger partial charge in [0.2, 0.25) is 0 Å². The highest BCUT2D eigenvalue weighted by atomic mass is 16.4. The Hall–Kier alpha value is -1.84. The van der Waals surface area contributed by atoms with Crippen LogP contribution in [0.5, 0.6) is 0 Å². The minimum absolute atomic E-state index is 0.0619. The van der Waals surface area contributed by atoms with E-state index in [0.29, 0.717) is 5.56 Å². The molecule has 2 aliphatic carbocycles. The van der Waals surface area contributed by atoms with Crippen LogP contribution in [0.15, 0.2) is 24.3 Å². The molecule has 4 nitrogen and oxygen atoms in total. The first kappa shape index (κ1) is 14.7. The van der Waals surface area contributed by atoms with Gasteiger partial charge in [-0.2, -0.15) is 0 Å². The molecule has 0 bridgehead atoms. The molecule has 2 fully saturated rings. The normalized spacial score (nSPS) is 26.7. The molecule has 0 saturated heterocycles. The zero-order valence-corrected chi connectivity index (χ0v) is 13.3. The molecule has 4 rings (SSSR count). The van der Waals surface area contributed by atoms with Crippen molar-refractivity contribution in [1.29, 1.82) is 0 Å². The van der Waals surface area contributed by atoms with E-state index < -0.39 is 17.4 Å². The second kappa shape index (κ2) is 5.36. The average molecular weight is 313 g/mol. The van der Waals surface area contributed by atoms with Crippen LogP contribution in [0.1, 0.15) is 73.2 Å². The van der Waals surface area contributed by atoms with Crippen LogP contribution < -0.4 is 0 Å². The van der Waals surface area contributed by atoms with Crippen molar-refractivity contribution in [1.82, 2.24) is 4.90 Å². The predicted molar refractivity (Wildman–Crippen MR) is 86.4 cm³/mol. The Labute approximate surface area is 136 Å². The van der Waals surface area contributed by atoms with E-state index in [0.717, 1.165) is 56.9 Å². The summed E-state index contributed by atoms with van der Waals surface area (Å²) in [5.41, 5.74) is 0.817. The second-order valence-corrected chi connectivity index (χ2v) is 7.28. The first-order valence-corrected chi connectivity index (χ1v) is 8.80. The fourth-order valence-corrected chi connectivity index (χ4v) is 5.28. The number of rotatable bonds is 2. The van der Waals surface area contributed by atoms with Crippen molar-refractivity contribution < 1.29 is 14.7 Å². The third-order valence-corrected chi connectivity index (χ3v) is 6.14. The van der Waals surface area contributed by atoms with Crippen molar-refractivity contribution in [3.63, 3.8) is 0 Å². The van der Waals surface area contributed by atoms with Crippen molar-refractivity contribution in [2.24, 2.45) is 0 Å². The minimum atomic E-state index is -0.783. The number of aliphatic carboxylic acids is 1. The monoisotopic (exact) mass is 313 g/mol. The first-order valence-electron chi connectivity index (χ1n) is 8.80.